The third kappa shape index (κ3) is 3.90. The highest BCUT2D eigenvalue weighted by molar-refractivity contribution is 5.95. The highest BCUT2D eigenvalue weighted by Gasteiger charge is 2.18. The van der Waals surface area contributed by atoms with Crippen molar-refractivity contribution in [3.63, 3.8) is 0 Å². The van der Waals surface area contributed by atoms with E-state index in [4.69, 9.17) is 0 Å². The van der Waals surface area contributed by atoms with Crippen molar-refractivity contribution in [2.24, 2.45) is 0 Å². The molecule has 122 valence electrons. The molecule has 1 N–H and O–H groups in total. The van der Waals surface area contributed by atoms with E-state index in [1.807, 2.05) is 72.3 Å². The molecule has 0 fully saturated rings. The molecule has 1 heterocycles. The van der Waals surface area contributed by atoms with Crippen LogP contribution in [0.4, 0.5) is 5.69 Å². The number of rotatable bonds is 6. The Morgan fingerprint density at radius 1 is 1.17 bits per heavy atom. The van der Waals surface area contributed by atoms with Crippen LogP contribution in [0.25, 0.3) is 0 Å². The first-order valence-electron chi connectivity index (χ1n) is 8.16. The topological polar surface area (TPSA) is 46.9 Å². The van der Waals surface area contributed by atoms with E-state index in [0.29, 0.717) is 0 Å². The predicted molar refractivity (Wildman–Crippen MR) is 95.9 cm³/mol. The number of carbonyl (C=O) groups excluding carboxylic acids is 1. The molecule has 0 spiro atoms. The van der Waals surface area contributed by atoms with Crippen LogP contribution in [0, 0.1) is 0 Å². The van der Waals surface area contributed by atoms with Gasteiger partial charge in [-0.25, -0.2) is 4.98 Å². The maximum Gasteiger partial charge on any atom is 0.231 e. The van der Waals surface area contributed by atoms with Gasteiger partial charge in [0.1, 0.15) is 0 Å². The second kappa shape index (κ2) is 7.59. The van der Waals surface area contributed by atoms with Crippen molar-refractivity contribution >= 4 is 11.6 Å². The van der Waals surface area contributed by atoms with Crippen LogP contribution in [0.2, 0.25) is 0 Å². The molecule has 1 aromatic heterocycles. The molecule has 3 rings (SSSR count). The van der Waals surface area contributed by atoms with Gasteiger partial charge in [0.2, 0.25) is 5.91 Å². The van der Waals surface area contributed by atoms with Crippen molar-refractivity contribution in [2.75, 3.05) is 5.32 Å². The number of aromatic nitrogens is 2. The monoisotopic (exact) mass is 319 g/mol. The van der Waals surface area contributed by atoms with Crippen molar-refractivity contribution in [3.05, 3.63) is 84.4 Å². The number of anilines is 1. The maximum absolute atomic E-state index is 12.6. The number of hydrogen-bond donors (Lipinski definition) is 1. The largest absolute Gasteiger partial charge is 0.333 e. The van der Waals surface area contributed by atoms with Gasteiger partial charge < -0.3 is 9.88 Å². The summed E-state index contributed by atoms with van der Waals surface area (Å²) in [6, 6.07) is 17.9. The van der Waals surface area contributed by atoms with Crippen LogP contribution in [0.3, 0.4) is 0 Å². The molecule has 0 radical (unpaired) electrons. The van der Waals surface area contributed by atoms with Gasteiger partial charge in [-0.15, -0.1) is 0 Å². The lowest BCUT2D eigenvalue weighted by atomic mass is 9.95. The minimum atomic E-state index is -0.136. The highest BCUT2D eigenvalue weighted by Crippen LogP contribution is 2.22. The Hall–Kier alpha value is -2.88. The second-order valence-electron chi connectivity index (χ2n) is 5.80. The summed E-state index contributed by atoms with van der Waals surface area (Å²) in [6.45, 7) is 2.77. The molecule has 0 aliphatic heterocycles. The van der Waals surface area contributed by atoms with Crippen LogP contribution in [0.5, 0.6) is 0 Å². The number of amides is 1. The summed E-state index contributed by atoms with van der Waals surface area (Å²) in [5, 5.41) is 3.05. The van der Waals surface area contributed by atoms with Gasteiger partial charge >= 0.3 is 0 Å². The molecule has 0 aliphatic carbocycles. The Morgan fingerprint density at radius 3 is 2.71 bits per heavy atom. The predicted octanol–water partition coefficient (Wildman–Crippen LogP) is 4.06. The highest BCUT2D eigenvalue weighted by atomic mass is 16.1. The van der Waals surface area contributed by atoms with E-state index in [9.17, 15) is 4.79 Å². The van der Waals surface area contributed by atoms with E-state index in [-0.39, 0.29) is 11.8 Å². The summed E-state index contributed by atoms with van der Waals surface area (Å²) < 4.78 is 2.00. The molecule has 24 heavy (non-hydrogen) atoms. The lowest BCUT2D eigenvalue weighted by Crippen LogP contribution is -2.20. The summed E-state index contributed by atoms with van der Waals surface area (Å²) in [4.78, 5) is 16.7. The van der Waals surface area contributed by atoms with E-state index in [1.165, 1.54) is 0 Å². The summed E-state index contributed by atoms with van der Waals surface area (Å²) in [5.74, 6) is -0.105. The molecule has 1 atom stereocenters. The molecule has 0 saturated carbocycles. The van der Waals surface area contributed by atoms with E-state index in [1.54, 1.807) is 12.5 Å². The SMILES string of the molecule is CC[C@H](C(=O)Nc1cccc(Cn2ccnc2)c1)c1ccccc1. The second-order valence-corrected chi connectivity index (χ2v) is 5.80. The van der Waals surface area contributed by atoms with Crippen molar-refractivity contribution < 1.29 is 4.79 Å². The Morgan fingerprint density at radius 2 is 2.00 bits per heavy atom. The molecule has 0 aliphatic rings. The van der Waals surface area contributed by atoms with Crippen molar-refractivity contribution in [2.45, 2.75) is 25.8 Å². The molecular formula is C20H21N3O. The number of carbonyl (C=O) groups is 1. The smallest absolute Gasteiger partial charge is 0.231 e. The van der Waals surface area contributed by atoms with Gasteiger partial charge in [-0.3, -0.25) is 4.79 Å². The quantitative estimate of drug-likeness (QED) is 0.744. The standard InChI is InChI=1S/C20H21N3O/c1-2-19(17-8-4-3-5-9-17)20(24)22-18-10-6-7-16(13-18)14-23-12-11-21-15-23/h3-13,15,19H,2,14H2,1H3,(H,22,24)/t19-/m0/s1. The molecule has 0 bridgehead atoms. The molecule has 1 amide bonds. The molecular weight excluding hydrogens is 298 g/mol. The van der Waals surface area contributed by atoms with Gasteiger partial charge in [-0.2, -0.15) is 0 Å². The first-order valence-corrected chi connectivity index (χ1v) is 8.16. The van der Waals surface area contributed by atoms with Gasteiger partial charge in [-0.1, -0.05) is 49.4 Å². The van der Waals surface area contributed by atoms with Crippen molar-refractivity contribution in [1.82, 2.24) is 9.55 Å². The van der Waals surface area contributed by atoms with E-state index in [0.717, 1.165) is 29.8 Å². The molecule has 4 heteroatoms. The number of hydrogen-bond acceptors (Lipinski definition) is 2. The Kier molecular flexibility index (Phi) is 5.06. The van der Waals surface area contributed by atoms with Crippen LogP contribution < -0.4 is 5.32 Å². The third-order valence-corrected chi connectivity index (χ3v) is 4.05. The average molecular weight is 319 g/mol. The molecule has 4 nitrogen and oxygen atoms in total. The van der Waals surface area contributed by atoms with E-state index < -0.39 is 0 Å². The van der Waals surface area contributed by atoms with Gasteiger partial charge in [0.15, 0.2) is 0 Å². The minimum absolute atomic E-state index is 0.0310. The number of nitrogens with zero attached hydrogens (tertiary/aromatic N) is 2. The summed E-state index contributed by atoms with van der Waals surface area (Å²) in [5.41, 5.74) is 3.00. The van der Waals surface area contributed by atoms with Crippen molar-refractivity contribution in [1.29, 1.82) is 0 Å². The Labute approximate surface area is 142 Å². The van der Waals surface area contributed by atoms with Crippen LogP contribution >= 0.6 is 0 Å². The summed E-state index contributed by atoms with van der Waals surface area (Å²) in [6.07, 6.45) is 6.24. The Balaban J connectivity index is 1.72. The van der Waals surface area contributed by atoms with Crippen molar-refractivity contribution in [3.8, 4) is 0 Å². The summed E-state index contributed by atoms with van der Waals surface area (Å²) in [7, 11) is 0. The zero-order chi connectivity index (χ0) is 16.8. The molecule has 0 saturated heterocycles. The van der Waals surface area contributed by atoms with Gasteiger partial charge in [0, 0.05) is 24.6 Å². The lowest BCUT2D eigenvalue weighted by Gasteiger charge is -2.16. The van der Waals surface area contributed by atoms with Crippen LogP contribution in [-0.4, -0.2) is 15.5 Å². The normalized spacial score (nSPS) is 11.9. The van der Waals surface area contributed by atoms with Gasteiger partial charge in [0.25, 0.3) is 0 Å². The van der Waals surface area contributed by atoms with E-state index in [2.05, 4.69) is 10.3 Å². The number of nitrogens with one attached hydrogen (secondary N) is 1. The fourth-order valence-electron chi connectivity index (χ4n) is 2.83. The number of imidazole rings is 1. The van der Waals surface area contributed by atoms with Crippen LogP contribution in [0.15, 0.2) is 73.3 Å². The number of benzene rings is 2. The van der Waals surface area contributed by atoms with Crippen LogP contribution in [0.1, 0.15) is 30.4 Å². The molecule has 3 aromatic rings. The van der Waals surface area contributed by atoms with Gasteiger partial charge in [-0.05, 0) is 29.7 Å². The zero-order valence-electron chi connectivity index (χ0n) is 13.7. The van der Waals surface area contributed by atoms with E-state index >= 15 is 0 Å². The fraction of sp³-hybridized carbons (Fsp3) is 0.200. The maximum atomic E-state index is 12.6. The molecule has 0 unspecified atom stereocenters. The zero-order valence-corrected chi connectivity index (χ0v) is 13.7. The summed E-state index contributed by atoms with van der Waals surface area (Å²) >= 11 is 0. The third-order valence-electron chi connectivity index (χ3n) is 4.05. The molecule has 2 aromatic carbocycles. The minimum Gasteiger partial charge on any atom is -0.333 e. The van der Waals surface area contributed by atoms with Gasteiger partial charge in [0.05, 0.1) is 12.2 Å². The Bertz CT molecular complexity index is 782. The fourth-order valence-corrected chi connectivity index (χ4v) is 2.83. The first-order chi connectivity index (χ1) is 11.8. The average Bonchev–Trinajstić information content (AvgIpc) is 3.10. The van der Waals surface area contributed by atoms with Crippen LogP contribution in [-0.2, 0) is 11.3 Å². The first kappa shape index (κ1) is 16.0. The lowest BCUT2D eigenvalue weighted by molar-refractivity contribution is -0.117.